The number of nitrogens with zero attached hydrogens (tertiary/aromatic N) is 2. The van der Waals surface area contributed by atoms with Crippen molar-refractivity contribution in [1.29, 1.82) is 5.26 Å². The first-order valence-corrected chi connectivity index (χ1v) is 5.81. The molecule has 0 bridgehead atoms. The van der Waals surface area contributed by atoms with Crippen LogP contribution in [0.4, 0.5) is 0 Å². The van der Waals surface area contributed by atoms with Gasteiger partial charge in [-0.2, -0.15) is 5.26 Å². The molecule has 1 saturated heterocycles. The van der Waals surface area contributed by atoms with Crippen LogP contribution in [-0.2, 0) is 9.53 Å². The predicted octanol–water partition coefficient (Wildman–Crippen LogP) is -0.242. The van der Waals surface area contributed by atoms with Crippen LogP contribution in [0.15, 0.2) is 0 Å². The third kappa shape index (κ3) is 3.97. The van der Waals surface area contributed by atoms with Crippen molar-refractivity contribution in [3.8, 4) is 6.07 Å². The van der Waals surface area contributed by atoms with Crippen LogP contribution >= 0.6 is 0 Å². The van der Waals surface area contributed by atoms with Crippen LogP contribution in [0, 0.1) is 11.3 Å². The summed E-state index contributed by atoms with van der Waals surface area (Å²) in [6.45, 7) is 2.74. The SMILES string of the molecule is CC(CC#N)N(C)CC1CCC(C(=O)NN)O1. The average Bonchev–Trinajstić information content (AvgIpc) is 2.76. The van der Waals surface area contributed by atoms with E-state index in [2.05, 4.69) is 16.4 Å². The normalized spacial score (nSPS) is 25.6. The molecule has 3 atom stereocenters. The Morgan fingerprint density at radius 3 is 3.00 bits per heavy atom. The lowest BCUT2D eigenvalue weighted by atomic mass is 10.1. The molecule has 6 heteroatoms. The fourth-order valence-electron chi connectivity index (χ4n) is 1.91. The van der Waals surface area contributed by atoms with Crippen molar-refractivity contribution in [2.45, 2.75) is 44.4 Å². The van der Waals surface area contributed by atoms with E-state index in [-0.39, 0.29) is 18.1 Å². The van der Waals surface area contributed by atoms with Gasteiger partial charge in [-0.1, -0.05) is 0 Å². The molecule has 1 amide bonds. The summed E-state index contributed by atoms with van der Waals surface area (Å²) in [6.07, 6.45) is 1.67. The second-order valence-corrected chi connectivity index (χ2v) is 4.48. The van der Waals surface area contributed by atoms with Gasteiger partial charge in [-0.3, -0.25) is 10.2 Å². The summed E-state index contributed by atoms with van der Waals surface area (Å²) in [5, 5.41) is 8.62. The highest BCUT2D eigenvalue weighted by atomic mass is 16.5. The van der Waals surface area contributed by atoms with E-state index in [4.69, 9.17) is 15.8 Å². The Kier molecular flexibility index (Phi) is 5.35. The minimum Gasteiger partial charge on any atom is -0.364 e. The zero-order valence-corrected chi connectivity index (χ0v) is 10.3. The number of nitrogens with one attached hydrogen (secondary N) is 1. The molecular weight excluding hydrogens is 220 g/mol. The largest absolute Gasteiger partial charge is 0.364 e. The van der Waals surface area contributed by atoms with Crippen LogP contribution in [0.25, 0.3) is 0 Å². The maximum absolute atomic E-state index is 11.3. The number of hydrogen-bond donors (Lipinski definition) is 2. The Morgan fingerprint density at radius 1 is 1.71 bits per heavy atom. The second kappa shape index (κ2) is 6.55. The first-order valence-electron chi connectivity index (χ1n) is 5.81. The highest BCUT2D eigenvalue weighted by Crippen LogP contribution is 2.21. The van der Waals surface area contributed by atoms with Crippen molar-refractivity contribution >= 4 is 5.91 Å². The van der Waals surface area contributed by atoms with Crippen LogP contribution in [-0.4, -0.2) is 42.6 Å². The number of likely N-dealkylation sites (N-methyl/N-ethyl adjacent to an activating group) is 1. The average molecular weight is 240 g/mol. The van der Waals surface area contributed by atoms with Crippen LogP contribution < -0.4 is 11.3 Å². The quantitative estimate of drug-likeness (QED) is 0.393. The highest BCUT2D eigenvalue weighted by molar-refractivity contribution is 5.80. The lowest BCUT2D eigenvalue weighted by molar-refractivity contribution is -0.132. The van der Waals surface area contributed by atoms with Gasteiger partial charge >= 0.3 is 0 Å². The maximum Gasteiger partial charge on any atom is 0.263 e. The van der Waals surface area contributed by atoms with E-state index in [0.29, 0.717) is 12.8 Å². The summed E-state index contributed by atoms with van der Waals surface area (Å²) in [6, 6.07) is 2.35. The lowest BCUT2D eigenvalue weighted by Gasteiger charge is -2.25. The van der Waals surface area contributed by atoms with Crippen LogP contribution in [0.5, 0.6) is 0 Å². The van der Waals surface area contributed by atoms with Crippen LogP contribution in [0.3, 0.4) is 0 Å². The van der Waals surface area contributed by atoms with E-state index in [9.17, 15) is 4.79 Å². The second-order valence-electron chi connectivity index (χ2n) is 4.48. The summed E-state index contributed by atoms with van der Waals surface area (Å²) < 4.78 is 5.60. The smallest absolute Gasteiger partial charge is 0.263 e. The number of carbonyl (C=O) groups excluding carboxylic acids is 1. The molecule has 3 unspecified atom stereocenters. The molecule has 0 aliphatic carbocycles. The molecule has 96 valence electrons. The Bertz CT molecular complexity index is 302. The number of ether oxygens (including phenoxy) is 1. The lowest BCUT2D eigenvalue weighted by Crippen LogP contribution is -2.40. The first-order chi connectivity index (χ1) is 8.08. The summed E-state index contributed by atoms with van der Waals surface area (Å²) in [5.74, 6) is 4.80. The molecule has 1 heterocycles. The standard InChI is InChI=1S/C11H20N4O2/c1-8(5-6-12)15(2)7-9-3-4-10(17-9)11(16)14-13/h8-10H,3-5,7,13H2,1-2H3,(H,14,16). The van der Waals surface area contributed by atoms with Gasteiger partial charge in [0.1, 0.15) is 6.10 Å². The molecule has 0 aromatic carbocycles. The number of carbonyl (C=O) groups is 1. The molecule has 0 aromatic rings. The molecule has 0 radical (unpaired) electrons. The number of hydrazine groups is 1. The van der Waals surface area contributed by atoms with E-state index in [1.54, 1.807) is 0 Å². The van der Waals surface area contributed by atoms with Crippen molar-refractivity contribution < 1.29 is 9.53 Å². The van der Waals surface area contributed by atoms with Gasteiger partial charge in [-0.15, -0.1) is 0 Å². The minimum atomic E-state index is -0.426. The summed E-state index contributed by atoms with van der Waals surface area (Å²) in [5.41, 5.74) is 2.10. The Balaban J connectivity index is 2.35. The van der Waals surface area contributed by atoms with Gasteiger partial charge in [0.15, 0.2) is 0 Å². The fourth-order valence-corrected chi connectivity index (χ4v) is 1.91. The number of hydrogen-bond acceptors (Lipinski definition) is 5. The van der Waals surface area contributed by atoms with Gasteiger partial charge in [0.25, 0.3) is 5.91 Å². The molecule has 1 rings (SSSR count). The van der Waals surface area contributed by atoms with Crippen molar-refractivity contribution in [2.75, 3.05) is 13.6 Å². The van der Waals surface area contributed by atoms with Crippen LogP contribution in [0.2, 0.25) is 0 Å². The fraction of sp³-hybridized carbons (Fsp3) is 0.818. The number of amides is 1. The maximum atomic E-state index is 11.3. The molecule has 0 aromatic heterocycles. The number of rotatable bonds is 5. The zero-order valence-electron chi connectivity index (χ0n) is 10.3. The monoisotopic (exact) mass is 240 g/mol. The molecule has 1 aliphatic rings. The van der Waals surface area contributed by atoms with Crippen molar-refractivity contribution in [3.05, 3.63) is 0 Å². The van der Waals surface area contributed by atoms with E-state index in [1.165, 1.54) is 0 Å². The molecule has 1 aliphatic heterocycles. The topological polar surface area (TPSA) is 91.4 Å². The molecule has 3 N–H and O–H groups in total. The summed E-state index contributed by atoms with van der Waals surface area (Å²) >= 11 is 0. The van der Waals surface area contributed by atoms with Crippen molar-refractivity contribution in [2.24, 2.45) is 5.84 Å². The van der Waals surface area contributed by atoms with Gasteiger partial charge in [0.05, 0.1) is 18.6 Å². The summed E-state index contributed by atoms with van der Waals surface area (Å²) in [7, 11) is 1.96. The Hall–Kier alpha value is -1.16. The molecule has 1 fully saturated rings. The zero-order chi connectivity index (χ0) is 12.8. The van der Waals surface area contributed by atoms with E-state index in [0.717, 1.165) is 13.0 Å². The van der Waals surface area contributed by atoms with Crippen molar-refractivity contribution in [3.63, 3.8) is 0 Å². The van der Waals surface area contributed by atoms with Gasteiger partial charge in [0, 0.05) is 12.6 Å². The van der Waals surface area contributed by atoms with Gasteiger partial charge in [-0.05, 0) is 26.8 Å². The number of nitriles is 1. The Labute approximate surface area is 102 Å². The van der Waals surface area contributed by atoms with Gasteiger partial charge in [-0.25, -0.2) is 5.84 Å². The molecule has 0 spiro atoms. The predicted molar refractivity (Wildman–Crippen MR) is 62.5 cm³/mol. The van der Waals surface area contributed by atoms with Crippen LogP contribution in [0.1, 0.15) is 26.2 Å². The van der Waals surface area contributed by atoms with E-state index >= 15 is 0 Å². The summed E-state index contributed by atoms with van der Waals surface area (Å²) in [4.78, 5) is 13.3. The highest BCUT2D eigenvalue weighted by Gasteiger charge is 2.31. The minimum absolute atomic E-state index is 0.0449. The molecule has 6 nitrogen and oxygen atoms in total. The van der Waals surface area contributed by atoms with E-state index in [1.807, 2.05) is 14.0 Å². The third-order valence-electron chi connectivity index (χ3n) is 3.17. The first kappa shape index (κ1) is 13.9. The van der Waals surface area contributed by atoms with Gasteiger partial charge in [0.2, 0.25) is 0 Å². The number of nitrogens with two attached hydrogens (primary N) is 1. The Morgan fingerprint density at radius 2 is 2.41 bits per heavy atom. The molecule has 0 saturated carbocycles. The van der Waals surface area contributed by atoms with Crippen molar-refractivity contribution in [1.82, 2.24) is 10.3 Å². The van der Waals surface area contributed by atoms with Gasteiger partial charge < -0.3 is 9.64 Å². The third-order valence-corrected chi connectivity index (χ3v) is 3.17. The molecular formula is C11H20N4O2. The van der Waals surface area contributed by atoms with E-state index < -0.39 is 6.10 Å². The molecule has 17 heavy (non-hydrogen) atoms.